The summed E-state index contributed by atoms with van der Waals surface area (Å²) in [6, 6.07) is 5.68. The van der Waals surface area contributed by atoms with Gasteiger partial charge in [0.05, 0.1) is 14.2 Å². The molecule has 0 aliphatic carbocycles. The number of ether oxygens (including phenoxy) is 2. The SMILES string of the molecule is COC(=O)c1ccc(C(c2ccc(C(=O)OC)o2)C(Cl)(Cl)Cl)o1. The van der Waals surface area contributed by atoms with Crippen LogP contribution in [0, 0.1) is 0 Å². The molecule has 0 fully saturated rings. The lowest BCUT2D eigenvalue weighted by molar-refractivity contribution is 0.0558. The average Bonchev–Trinajstić information content (AvgIpc) is 3.14. The van der Waals surface area contributed by atoms with Gasteiger partial charge in [-0.1, -0.05) is 34.8 Å². The van der Waals surface area contributed by atoms with E-state index in [2.05, 4.69) is 9.47 Å². The summed E-state index contributed by atoms with van der Waals surface area (Å²) in [4.78, 5) is 22.9. The number of furan rings is 2. The fraction of sp³-hybridized carbons (Fsp3) is 0.286. The summed E-state index contributed by atoms with van der Waals surface area (Å²) in [5.41, 5.74) is 0. The molecule has 2 aromatic heterocycles. The van der Waals surface area contributed by atoms with Crippen molar-refractivity contribution in [1.82, 2.24) is 0 Å². The van der Waals surface area contributed by atoms with Crippen LogP contribution in [0.4, 0.5) is 0 Å². The molecule has 6 nitrogen and oxygen atoms in total. The van der Waals surface area contributed by atoms with E-state index in [4.69, 9.17) is 43.6 Å². The molecule has 0 radical (unpaired) electrons. The van der Waals surface area contributed by atoms with E-state index in [0.29, 0.717) is 0 Å². The van der Waals surface area contributed by atoms with Crippen LogP contribution < -0.4 is 0 Å². The summed E-state index contributed by atoms with van der Waals surface area (Å²) in [5.74, 6) is -2.11. The summed E-state index contributed by atoms with van der Waals surface area (Å²) >= 11 is 18.0. The van der Waals surface area contributed by atoms with Gasteiger partial charge in [-0.15, -0.1) is 0 Å². The lowest BCUT2D eigenvalue weighted by Gasteiger charge is -2.20. The van der Waals surface area contributed by atoms with E-state index in [9.17, 15) is 9.59 Å². The molecule has 0 amide bonds. The van der Waals surface area contributed by atoms with Crippen molar-refractivity contribution < 1.29 is 27.9 Å². The predicted molar refractivity (Wildman–Crippen MR) is 82.2 cm³/mol. The number of hydrogen-bond acceptors (Lipinski definition) is 6. The lowest BCUT2D eigenvalue weighted by Crippen LogP contribution is -2.17. The first-order chi connectivity index (χ1) is 10.8. The maximum atomic E-state index is 11.5. The second-order valence-corrected chi connectivity index (χ2v) is 6.73. The Kier molecular flexibility index (Phi) is 5.29. The minimum atomic E-state index is -1.85. The minimum Gasteiger partial charge on any atom is -0.463 e. The molecule has 2 heterocycles. The molecule has 9 heteroatoms. The number of esters is 2. The molecule has 0 spiro atoms. The number of rotatable bonds is 4. The minimum absolute atomic E-state index is 0.0542. The highest BCUT2D eigenvalue weighted by Crippen LogP contribution is 2.46. The summed E-state index contributed by atoms with van der Waals surface area (Å²) in [7, 11) is 2.43. The Hall–Kier alpha value is -1.63. The first-order valence-corrected chi connectivity index (χ1v) is 7.34. The molecule has 0 aromatic carbocycles. The molecular weight excluding hydrogens is 371 g/mol. The standard InChI is InChI=1S/C14H11Cl3O6/c1-20-12(18)9-5-3-7(22-9)11(14(15,16)17)8-4-6-10(23-8)13(19)21-2/h3-6,11H,1-2H3. The normalized spacial score (nSPS) is 11.6. The molecule has 0 aliphatic heterocycles. The zero-order chi connectivity index (χ0) is 17.2. The van der Waals surface area contributed by atoms with Gasteiger partial charge >= 0.3 is 11.9 Å². The number of hydrogen-bond donors (Lipinski definition) is 0. The highest BCUT2D eigenvalue weighted by atomic mass is 35.6. The summed E-state index contributed by atoms with van der Waals surface area (Å²) in [5, 5.41) is 0. The molecule has 2 aromatic rings. The van der Waals surface area contributed by atoms with Crippen molar-refractivity contribution in [3.05, 3.63) is 47.3 Å². The number of halogens is 3. The Bertz CT molecular complexity index is 658. The van der Waals surface area contributed by atoms with Crippen molar-refractivity contribution in [2.45, 2.75) is 9.71 Å². The molecule has 0 atom stereocenters. The summed E-state index contributed by atoms with van der Waals surface area (Å²) in [6.45, 7) is 0. The Morgan fingerprint density at radius 3 is 1.61 bits per heavy atom. The van der Waals surface area contributed by atoms with E-state index in [1.807, 2.05) is 0 Å². The Balaban J connectivity index is 2.42. The third kappa shape index (κ3) is 3.83. The van der Waals surface area contributed by atoms with Gasteiger partial charge in [-0.05, 0) is 24.3 Å². The molecule has 0 aliphatic rings. The third-order valence-corrected chi connectivity index (χ3v) is 3.58. The molecule has 0 unspecified atom stereocenters. The van der Waals surface area contributed by atoms with E-state index in [0.717, 1.165) is 0 Å². The van der Waals surface area contributed by atoms with Crippen molar-refractivity contribution in [3.63, 3.8) is 0 Å². The van der Waals surface area contributed by atoms with Crippen molar-refractivity contribution in [2.24, 2.45) is 0 Å². The molecule has 0 saturated heterocycles. The van der Waals surface area contributed by atoms with E-state index in [1.165, 1.54) is 38.5 Å². The molecule has 23 heavy (non-hydrogen) atoms. The van der Waals surface area contributed by atoms with Gasteiger partial charge in [0.2, 0.25) is 15.3 Å². The largest absolute Gasteiger partial charge is 0.463 e. The van der Waals surface area contributed by atoms with E-state index in [-0.39, 0.29) is 23.0 Å². The van der Waals surface area contributed by atoms with Crippen LogP contribution in [0.2, 0.25) is 0 Å². The third-order valence-electron chi connectivity index (χ3n) is 2.92. The van der Waals surface area contributed by atoms with Crippen molar-refractivity contribution in [3.8, 4) is 0 Å². The maximum absolute atomic E-state index is 11.5. The quantitative estimate of drug-likeness (QED) is 0.589. The van der Waals surface area contributed by atoms with Gasteiger partial charge in [-0.3, -0.25) is 0 Å². The number of methoxy groups -OCH3 is 2. The fourth-order valence-corrected chi connectivity index (χ4v) is 2.54. The highest BCUT2D eigenvalue weighted by molar-refractivity contribution is 6.68. The van der Waals surface area contributed by atoms with Gasteiger partial charge in [0.25, 0.3) is 0 Å². The van der Waals surface area contributed by atoms with Gasteiger partial charge in [-0.2, -0.15) is 0 Å². The van der Waals surface area contributed by atoms with Gasteiger partial charge in [0.1, 0.15) is 17.4 Å². The van der Waals surface area contributed by atoms with E-state index in [1.54, 1.807) is 0 Å². The number of carbonyl (C=O) groups is 2. The zero-order valence-electron chi connectivity index (χ0n) is 12.0. The van der Waals surface area contributed by atoms with Crippen LogP contribution in [-0.4, -0.2) is 30.0 Å². The summed E-state index contributed by atoms with van der Waals surface area (Å²) < 4.78 is 18.0. The van der Waals surface area contributed by atoms with Crippen molar-refractivity contribution >= 4 is 46.7 Å². The second kappa shape index (κ2) is 6.86. The van der Waals surface area contributed by atoms with Gasteiger partial charge in [0.15, 0.2) is 0 Å². The van der Waals surface area contributed by atoms with Crippen LogP contribution in [0.15, 0.2) is 33.1 Å². The highest BCUT2D eigenvalue weighted by Gasteiger charge is 2.40. The van der Waals surface area contributed by atoms with E-state index < -0.39 is 21.6 Å². The summed E-state index contributed by atoms with van der Waals surface area (Å²) in [6.07, 6.45) is 0. The van der Waals surface area contributed by atoms with Gasteiger partial charge in [0, 0.05) is 0 Å². The molecule has 0 N–H and O–H groups in total. The first kappa shape index (κ1) is 17.7. The number of carbonyl (C=O) groups excluding carboxylic acids is 2. The van der Waals surface area contributed by atoms with Crippen LogP contribution in [0.25, 0.3) is 0 Å². The van der Waals surface area contributed by atoms with Gasteiger partial charge in [-0.25, -0.2) is 9.59 Å². The van der Waals surface area contributed by atoms with E-state index >= 15 is 0 Å². The molecular formula is C14H11Cl3O6. The lowest BCUT2D eigenvalue weighted by atomic mass is 10.1. The Morgan fingerprint density at radius 2 is 1.30 bits per heavy atom. The average molecular weight is 382 g/mol. The molecule has 124 valence electrons. The fourth-order valence-electron chi connectivity index (χ4n) is 1.90. The second-order valence-electron chi connectivity index (χ2n) is 4.36. The number of alkyl halides is 3. The zero-order valence-corrected chi connectivity index (χ0v) is 14.2. The monoisotopic (exact) mass is 380 g/mol. The van der Waals surface area contributed by atoms with Crippen molar-refractivity contribution in [2.75, 3.05) is 14.2 Å². The Morgan fingerprint density at radius 1 is 0.913 bits per heavy atom. The smallest absolute Gasteiger partial charge is 0.373 e. The van der Waals surface area contributed by atoms with Crippen LogP contribution in [0.3, 0.4) is 0 Å². The Labute approximate surface area is 146 Å². The van der Waals surface area contributed by atoms with Crippen LogP contribution in [0.5, 0.6) is 0 Å². The molecule has 2 rings (SSSR count). The van der Waals surface area contributed by atoms with Crippen LogP contribution in [0.1, 0.15) is 38.5 Å². The molecule has 0 saturated carbocycles. The topological polar surface area (TPSA) is 78.9 Å². The maximum Gasteiger partial charge on any atom is 0.373 e. The van der Waals surface area contributed by atoms with Crippen LogP contribution in [-0.2, 0) is 9.47 Å². The van der Waals surface area contributed by atoms with Crippen molar-refractivity contribution in [1.29, 1.82) is 0 Å². The van der Waals surface area contributed by atoms with Gasteiger partial charge < -0.3 is 18.3 Å². The predicted octanol–water partition coefficient (Wildman–Crippen LogP) is 3.95. The molecule has 0 bridgehead atoms. The first-order valence-electron chi connectivity index (χ1n) is 6.20. The van der Waals surface area contributed by atoms with Crippen LogP contribution >= 0.6 is 34.8 Å².